The molecule has 1 aliphatic carbocycles. The molecule has 0 heterocycles. The second kappa shape index (κ2) is 5.23. The van der Waals surface area contributed by atoms with Crippen molar-refractivity contribution < 1.29 is 4.55 Å². The van der Waals surface area contributed by atoms with Gasteiger partial charge in [0, 0.05) is 15.5 Å². The van der Waals surface area contributed by atoms with Gasteiger partial charge < -0.3 is 4.55 Å². The minimum absolute atomic E-state index is 0.106. The fourth-order valence-corrected chi connectivity index (χ4v) is 2.79. The fraction of sp³-hybridized carbons (Fsp3) is 0.533. The van der Waals surface area contributed by atoms with Crippen LogP contribution in [-0.4, -0.2) is 15.0 Å². The Morgan fingerprint density at radius 1 is 1.26 bits per heavy atom. The highest BCUT2D eigenvalue weighted by atomic mass is 79.9. The lowest BCUT2D eigenvalue weighted by molar-refractivity contribution is 0.561. The fourth-order valence-electron chi connectivity index (χ4n) is 1.76. The third kappa shape index (κ3) is 3.61. The van der Waals surface area contributed by atoms with Crippen LogP contribution in [-0.2, 0) is 11.4 Å². The second-order valence-electron chi connectivity index (χ2n) is 6.37. The van der Waals surface area contributed by atoms with Gasteiger partial charge in [-0.25, -0.2) is 0 Å². The zero-order valence-electron chi connectivity index (χ0n) is 11.9. The van der Waals surface area contributed by atoms with Gasteiger partial charge in [-0.3, -0.25) is 0 Å². The molecule has 0 amide bonds. The van der Waals surface area contributed by atoms with Gasteiger partial charge in [0.15, 0.2) is 0 Å². The van der Waals surface area contributed by atoms with Gasteiger partial charge in [-0.1, -0.05) is 39.4 Å². The topological polar surface area (TPSA) is 35.4 Å². The van der Waals surface area contributed by atoms with Gasteiger partial charge in [-0.2, -0.15) is 0 Å². The van der Waals surface area contributed by atoms with Gasteiger partial charge in [-0.05, 0) is 45.7 Å². The second-order valence-corrected chi connectivity index (χ2v) is 9.19. The van der Waals surface area contributed by atoms with E-state index < -0.39 is 11.4 Å². The van der Waals surface area contributed by atoms with Crippen molar-refractivity contribution in [3.05, 3.63) is 34.3 Å². The van der Waals surface area contributed by atoms with Crippen LogP contribution in [0.1, 0.15) is 46.1 Å². The summed E-state index contributed by atoms with van der Waals surface area (Å²) in [6, 6.07) is 8.12. The minimum atomic E-state index is -1.20. The highest BCUT2D eigenvalue weighted by Gasteiger charge is 2.45. The molecule has 1 unspecified atom stereocenters. The van der Waals surface area contributed by atoms with Crippen LogP contribution in [0.25, 0.3) is 0 Å². The van der Waals surface area contributed by atoms with E-state index in [1.165, 1.54) is 0 Å². The Bertz CT molecular complexity index is 486. The Morgan fingerprint density at radius 3 is 2.21 bits per heavy atom. The summed E-state index contributed by atoms with van der Waals surface area (Å²) in [6.45, 7) is 8.08. The lowest BCUT2D eigenvalue weighted by Gasteiger charge is -2.21. The molecular formula is C15H20BrNOS. The van der Waals surface area contributed by atoms with Crippen molar-refractivity contribution in [1.82, 2.24) is 0 Å². The Hall–Kier alpha value is -0.320. The molecule has 104 valence electrons. The standard InChI is InChI=1S/C15H20BrNOS/c1-14(2,3)19(18)17-13(15(4)9-10-15)11-5-7-12(16)8-6-11/h5-8H,9-10H2,1-4H3. The lowest BCUT2D eigenvalue weighted by atomic mass is 9.96. The number of hydrogen-bond acceptors (Lipinski definition) is 2. The largest absolute Gasteiger partial charge is 0.591 e. The van der Waals surface area contributed by atoms with E-state index in [-0.39, 0.29) is 10.2 Å². The number of hydrogen-bond donors (Lipinski definition) is 0. The lowest BCUT2D eigenvalue weighted by Crippen LogP contribution is -2.28. The van der Waals surface area contributed by atoms with E-state index in [0.29, 0.717) is 0 Å². The van der Waals surface area contributed by atoms with Crippen molar-refractivity contribution in [3.8, 4) is 0 Å². The Balaban J connectivity index is 2.37. The van der Waals surface area contributed by atoms with Crippen molar-refractivity contribution in [3.63, 3.8) is 0 Å². The Labute approximate surface area is 127 Å². The molecule has 1 aliphatic rings. The summed E-state index contributed by atoms with van der Waals surface area (Å²) in [5.74, 6) is 0. The molecule has 0 radical (unpaired) electrons. The van der Waals surface area contributed by atoms with Gasteiger partial charge in [0.05, 0.1) is 0 Å². The molecule has 4 heteroatoms. The molecule has 0 saturated heterocycles. The van der Waals surface area contributed by atoms with E-state index in [9.17, 15) is 4.55 Å². The molecule has 1 aromatic carbocycles. The molecule has 0 aromatic heterocycles. The van der Waals surface area contributed by atoms with Gasteiger partial charge in [0.2, 0.25) is 0 Å². The molecule has 1 saturated carbocycles. The first kappa shape index (κ1) is 15.1. The van der Waals surface area contributed by atoms with Crippen LogP contribution in [0.4, 0.5) is 0 Å². The highest BCUT2D eigenvalue weighted by Crippen LogP contribution is 2.48. The van der Waals surface area contributed by atoms with E-state index in [1.54, 1.807) is 0 Å². The SMILES string of the molecule is CC1(C(=N[S+]([O-])C(C)(C)C)c2ccc(Br)cc2)CC1. The molecule has 0 spiro atoms. The van der Waals surface area contributed by atoms with E-state index in [2.05, 4.69) is 27.3 Å². The van der Waals surface area contributed by atoms with Gasteiger partial charge >= 0.3 is 0 Å². The van der Waals surface area contributed by atoms with Crippen LogP contribution in [0, 0.1) is 5.41 Å². The molecule has 2 rings (SSSR count). The van der Waals surface area contributed by atoms with Crippen molar-refractivity contribution in [2.45, 2.75) is 45.3 Å². The third-order valence-corrected chi connectivity index (χ3v) is 5.31. The Morgan fingerprint density at radius 2 is 1.79 bits per heavy atom. The first-order valence-corrected chi connectivity index (χ1v) is 8.39. The zero-order chi connectivity index (χ0) is 14.3. The summed E-state index contributed by atoms with van der Waals surface area (Å²) < 4.78 is 17.6. The first-order valence-electron chi connectivity index (χ1n) is 6.49. The van der Waals surface area contributed by atoms with Crippen molar-refractivity contribution in [2.75, 3.05) is 0 Å². The van der Waals surface area contributed by atoms with Gasteiger partial charge in [0.25, 0.3) is 0 Å². The summed E-state index contributed by atoms with van der Waals surface area (Å²) in [5, 5.41) is 0. The summed E-state index contributed by atoms with van der Waals surface area (Å²) >= 11 is 2.24. The summed E-state index contributed by atoms with van der Waals surface area (Å²) in [7, 11) is 0. The third-order valence-electron chi connectivity index (χ3n) is 3.39. The van der Waals surface area contributed by atoms with Crippen LogP contribution in [0.2, 0.25) is 0 Å². The van der Waals surface area contributed by atoms with Crippen molar-refractivity contribution >= 4 is 33.0 Å². The van der Waals surface area contributed by atoms with E-state index in [1.807, 2.05) is 45.0 Å². The normalized spacial score (nSPS) is 20.2. The maximum absolute atomic E-state index is 12.3. The molecule has 2 nitrogen and oxygen atoms in total. The number of benzene rings is 1. The molecule has 1 aromatic rings. The molecule has 19 heavy (non-hydrogen) atoms. The van der Waals surface area contributed by atoms with Gasteiger partial charge in [-0.15, -0.1) is 0 Å². The highest BCUT2D eigenvalue weighted by molar-refractivity contribution is 9.10. The average molecular weight is 342 g/mol. The maximum Gasteiger partial charge on any atom is 0.144 e. The summed E-state index contributed by atoms with van der Waals surface area (Å²) in [6.07, 6.45) is 2.26. The number of rotatable bonds is 3. The van der Waals surface area contributed by atoms with Crippen molar-refractivity contribution in [1.29, 1.82) is 0 Å². The molecule has 0 N–H and O–H groups in total. The smallest absolute Gasteiger partial charge is 0.144 e. The quantitative estimate of drug-likeness (QED) is 0.588. The van der Waals surface area contributed by atoms with E-state index >= 15 is 0 Å². The minimum Gasteiger partial charge on any atom is -0.591 e. The monoisotopic (exact) mass is 341 g/mol. The van der Waals surface area contributed by atoms with Crippen LogP contribution in [0.5, 0.6) is 0 Å². The van der Waals surface area contributed by atoms with Crippen LogP contribution >= 0.6 is 15.9 Å². The number of halogens is 1. The van der Waals surface area contributed by atoms with Crippen LogP contribution in [0.3, 0.4) is 0 Å². The molecular weight excluding hydrogens is 322 g/mol. The van der Waals surface area contributed by atoms with Crippen LogP contribution in [0.15, 0.2) is 33.1 Å². The summed E-state index contributed by atoms with van der Waals surface area (Å²) in [5.41, 5.74) is 2.18. The molecule has 1 atom stereocenters. The Kier molecular flexibility index (Phi) is 4.15. The molecule has 0 aliphatic heterocycles. The average Bonchev–Trinajstić information content (AvgIpc) is 3.05. The maximum atomic E-state index is 12.3. The van der Waals surface area contributed by atoms with E-state index in [4.69, 9.17) is 0 Å². The van der Waals surface area contributed by atoms with Gasteiger partial charge in [0.1, 0.15) is 21.8 Å². The summed E-state index contributed by atoms with van der Waals surface area (Å²) in [4.78, 5) is 0. The van der Waals surface area contributed by atoms with Crippen LogP contribution < -0.4 is 0 Å². The molecule has 0 bridgehead atoms. The predicted octanol–water partition coefficient (Wildman–Crippen LogP) is 4.50. The van der Waals surface area contributed by atoms with E-state index in [0.717, 1.165) is 28.6 Å². The first-order chi connectivity index (χ1) is 8.72. The number of nitrogens with zero attached hydrogens (tertiary/aromatic N) is 1. The molecule has 1 fully saturated rings. The predicted molar refractivity (Wildman–Crippen MR) is 85.9 cm³/mol. The van der Waals surface area contributed by atoms with Crippen molar-refractivity contribution in [2.24, 2.45) is 9.81 Å². The zero-order valence-corrected chi connectivity index (χ0v) is 14.3.